The van der Waals surface area contributed by atoms with Crippen LogP contribution in [-0.4, -0.2) is 26.9 Å². The molecule has 4 heteroatoms. The van der Waals surface area contributed by atoms with Crippen LogP contribution < -0.4 is 5.19 Å². The van der Waals surface area contributed by atoms with Gasteiger partial charge in [0.05, 0.1) is 0 Å². The molecule has 0 aliphatic heterocycles. The fourth-order valence-electron chi connectivity index (χ4n) is 1.65. The predicted octanol–water partition coefficient (Wildman–Crippen LogP) is 2.52. The van der Waals surface area contributed by atoms with Crippen molar-refractivity contribution in [1.29, 1.82) is 0 Å². The van der Waals surface area contributed by atoms with Crippen LogP contribution in [0.25, 0.3) is 0 Å². The van der Waals surface area contributed by atoms with E-state index in [0.717, 1.165) is 18.0 Å². The van der Waals surface area contributed by atoms with Crippen LogP contribution in [0, 0.1) is 0 Å². The largest absolute Gasteiger partial charge is 0.508 e. The third kappa shape index (κ3) is 3.83. The summed E-state index contributed by atoms with van der Waals surface area (Å²) in [5.74, 6) is 0.272. The quantitative estimate of drug-likeness (QED) is 0.760. The van der Waals surface area contributed by atoms with Gasteiger partial charge in [0.25, 0.3) is 0 Å². The first-order chi connectivity index (χ1) is 8.14. The highest BCUT2D eigenvalue weighted by Gasteiger charge is 2.36. The van der Waals surface area contributed by atoms with Crippen molar-refractivity contribution in [3.63, 3.8) is 0 Å². The summed E-state index contributed by atoms with van der Waals surface area (Å²) in [6.45, 7) is 7.47. The molecule has 0 heterocycles. The number of rotatable bonds is 7. The van der Waals surface area contributed by atoms with Gasteiger partial charge in [-0.1, -0.05) is 32.0 Å². The number of aromatic hydroxyl groups is 1. The molecule has 0 spiro atoms. The standard InChI is InChI=1S/C13H22O3Si/c1-4-10-15-17(3,16-11-5-2)13-9-7-6-8-12(13)14/h6-9,14H,4-5,10-11H2,1-3H3. The minimum absolute atomic E-state index is 0.272. The van der Waals surface area contributed by atoms with Crippen molar-refractivity contribution in [3.8, 4) is 5.75 Å². The third-order valence-corrected chi connectivity index (χ3v) is 5.47. The smallest absolute Gasteiger partial charge is 0.373 e. The number of phenols is 1. The number of phenolic OH excluding ortho intramolecular Hbond substituents is 1. The molecule has 0 amide bonds. The second-order valence-electron chi connectivity index (χ2n) is 4.16. The highest BCUT2D eigenvalue weighted by molar-refractivity contribution is 6.80. The average Bonchev–Trinajstić information content (AvgIpc) is 2.34. The van der Waals surface area contributed by atoms with Gasteiger partial charge in [-0.05, 0) is 25.5 Å². The number of benzene rings is 1. The summed E-state index contributed by atoms with van der Waals surface area (Å²) in [7, 11) is -2.46. The van der Waals surface area contributed by atoms with E-state index in [9.17, 15) is 5.11 Å². The van der Waals surface area contributed by atoms with Crippen molar-refractivity contribution in [2.75, 3.05) is 13.2 Å². The molecule has 0 aliphatic rings. The maximum atomic E-state index is 9.92. The van der Waals surface area contributed by atoms with Gasteiger partial charge < -0.3 is 14.0 Å². The lowest BCUT2D eigenvalue weighted by molar-refractivity contribution is 0.185. The second kappa shape index (κ2) is 6.79. The lowest BCUT2D eigenvalue weighted by atomic mass is 10.3. The molecule has 0 atom stereocenters. The zero-order chi connectivity index (χ0) is 12.7. The van der Waals surface area contributed by atoms with Gasteiger partial charge in [-0.15, -0.1) is 0 Å². The van der Waals surface area contributed by atoms with Crippen LogP contribution in [0.1, 0.15) is 26.7 Å². The van der Waals surface area contributed by atoms with Gasteiger partial charge in [0.2, 0.25) is 0 Å². The first-order valence-corrected chi connectivity index (χ1v) is 8.52. The summed E-state index contributed by atoms with van der Waals surface area (Å²) in [6.07, 6.45) is 1.90. The Labute approximate surface area is 105 Å². The van der Waals surface area contributed by atoms with Gasteiger partial charge in [-0.2, -0.15) is 0 Å². The van der Waals surface area contributed by atoms with Crippen molar-refractivity contribution >= 4 is 13.7 Å². The zero-order valence-electron chi connectivity index (χ0n) is 10.9. The summed E-state index contributed by atoms with van der Waals surface area (Å²) in [5.41, 5.74) is 0. The molecule has 0 unspecified atom stereocenters. The van der Waals surface area contributed by atoms with Gasteiger partial charge in [-0.3, -0.25) is 0 Å². The van der Waals surface area contributed by atoms with E-state index in [-0.39, 0.29) is 5.75 Å². The minimum atomic E-state index is -2.46. The van der Waals surface area contributed by atoms with Crippen LogP contribution in [0.5, 0.6) is 5.75 Å². The Morgan fingerprint density at radius 2 is 1.59 bits per heavy atom. The Bertz CT molecular complexity index is 333. The van der Waals surface area contributed by atoms with Crippen molar-refractivity contribution in [2.45, 2.75) is 33.2 Å². The molecule has 0 saturated heterocycles. The van der Waals surface area contributed by atoms with E-state index in [2.05, 4.69) is 13.8 Å². The number of hydrogen-bond donors (Lipinski definition) is 1. The van der Waals surface area contributed by atoms with Crippen LogP contribution in [0.2, 0.25) is 6.55 Å². The molecule has 1 rings (SSSR count). The fourth-order valence-corrected chi connectivity index (χ4v) is 4.18. The first-order valence-electron chi connectivity index (χ1n) is 6.20. The molecule has 17 heavy (non-hydrogen) atoms. The van der Waals surface area contributed by atoms with Gasteiger partial charge in [0.1, 0.15) is 5.75 Å². The molecule has 0 bridgehead atoms. The molecule has 96 valence electrons. The Hall–Kier alpha value is -0.843. The predicted molar refractivity (Wildman–Crippen MR) is 71.8 cm³/mol. The minimum Gasteiger partial charge on any atom is -0.508 e. The van der Waals surface area contributed by atoms with E-state index in [1.54, 1.807) is 6.07 Å². The van der Waals surface area contributed by atoms with Crippen LogP contribution in [0.3, 0.4) is 0 Å². The Morgan fingerprint density at radius 1 is 1.06 bits per heavy atom. The zero-order valence-corrected chi connectivity index (χ0v) is 11.9. The average molecular weight is 254 g/mol. The number of hydrogen-bond acceptors (Lipinski definition) is 3. The second-order valence-corrected chi connectivity index (χ2v) is 7.17. The van der Waals surface area contributed by atoms with Crippen molar-refractivity contribution in [2.24, 2.45) is 0 Å². The summed E-state index contributed by atoms with van der Waals surface area (Å²) < 4.78 is 11.8. The van der Waals surface area contributed by atoms with Gasteiger partial charge >= 0.3 is 8.56 Å². The molecule has 1 aromatic carbocycles. The topological polar surface area (TPSA) is 38.7 Å². The molecule has 0 fully saturated rings. The normalized spacial score (nSPS) is 11.7. The van der Waals surface area contributed by atoms with Crippen LogP contribution in [0.15, 0.2) is 24.3 Å². The van der Waals surface area contributed by atoms with Crippen LogP contribution >= 0.6 is 0 Å². The third-order valence-electron chi connectivity index (χ3n) is 2.56. The molecule has 0 aliphatic carbocycles. The van der Waals surface area contributed by atoms with E-state index >= 15 is 0 Å². The van der Waals surface area contributed by atoms with Gasteiger partial charge in [-0.25, -0.2) is 0 Å². The van der Waals surface area contributed by atoms with E-state index in [0.29, 0.717) is 13.2 Å². The van der Waals surface area contributed by atoms with E-state index in [1.807, 2.05) is 24.7 Å². The fraction of sp³-hybridized carbons (Fsp3) is 0.538. The molecule has 1 aromatic rings. The Morgan fingerprint density at radius 3 is 2.06 bits per heavy atom. The Kier molecular flexibility index (Phi) is 5.68. The summed E-state index contributed by atoms with van der Waals surface area (Å²) in [6, 6.07) is 7.30. The van der Waals surface area contributed by atoms with Gasteiger partial charge in [0, 0.05) is 18.4 Å². The van der Waals surface area contributed by atoms with Crippen molar-refractivity contribution in [1.82, 2.24) is 0 Å². The molecule has 3 nitrogen and oxygen atoms in total. The lowest BCUT2D eigenvalue weighted by Gasteiger charge is -2.27. The highest BCUT2D eigenvalue weighted by atomic mass is 28.4. The van der Waals surface area contributed by atoms with Gasteiger partial charge in [0.15, 0.2) is 0 Å². The summed E-state index contributed by atoms with van der Waals surface area (Å²) >= 11 is 0. The van der Waals surface area contributed by atoms with E-state index in [1.165, 1.54) is 0 Å². The van der Waals surface area contributed by atoms with E-state index in [4.69, 9.17) is 8.85 Å². The molecule has 0 radical (unpaired) electrons. The van der Waals surface area contributed by atoms with Crippen molar-refractivity contribution < 1.29 is 14.0 Å². The summed E-state index contributed by atoms with van der Waals surface area (Å²) in [4.78, 5) is 0. The molecule has 1 N–H and O–H groups in total. The first kappa shape index (κ1) is 14.2. The molecular formula is C13H22O3Si. The lowest BCUT2D eigenvalue weighted by Crippen LogP contribution is -2.51. The number of para-hydroxylation sites is 1. The SMILES string of the molecule is CCCO[Si](C)(OCCC)c1ccccc1O. The van der Waals surface area contributed by atoms with E-state index < -0.39 is 8.56 Å². The maximum Gasteiger partial charge on any atom is 0.373 e. The summed E-state index contributed by atoms with van der Waals surface area (Å²) in [5, 5.41) is 10.7. The van der Waals surface area contributed by atoms with Crippen LogP contribution in [0.4, 0.5) is 0 Å². The molecule has 0 saturated carbocycles. The monoisotopic (exact) mass is 254 g/mol. The van der Waals surface area contributed by atoms with Crippen LogP contribution in [-0.2, 0) is 8.85 Å². The maximum absolute atomic E-state index is 9.92. The molecule has 0 aromatic heterocycles. The molecular weight excluding hydrogens is 232 g/mol. The van der Waals surface area contributed by atoms with Crippen molar-refractivity contribution in [3.05, 3.63) is 24.3 Å². The Balaban J connectivity index is 2.92. The highest BCUT2D eigenvalue weighted by Crippen LogP contribution is 2.16.